The highest BCUT2D eigenvalue weighted by Crippen LogP contribution is 2.32. The van der Waals surface area contributed by atoms with Crippen LogP contribution in [-0.2, 0) is 16.1 Å². The fourth-order valence-electron chi connectivity index (χ4n) is 4.06. The summed E-state index contributed by atoms with van der Waals surface area (Å²) in [6, 6.07) is 11.6. The van der Waals surface area contributed by atoms with Gasteiger partial charge in [0.15, 0.2) is 0 Å². The number of carbonyl (C=O) groups excluding carboxylic acids is 3. The van der Waals surface area contributed by atoms with E-state index in [9.17, 15) is 14.4 Å². The largest absolute Gasteiger partial charge is 0.322 e. The van der Waals surface area contributed by atoms with Gasteiger partial charge in [-0.3, -0.25) is 19.7 Å². The normalized spacial score (nSPS) is 17.8. The molecule has 9 nitrogen and oxygen atoms in total. The quantitative estimate of drug-likeness (QED) is 0.616. The minimum Gasteiger partial charge on any atom is -0.322 e. The van der Waals surface area contributed by atoms with Crippen LogP contribution in [0.25, 0.3) is 16.9 Å². The molecule has 3 aromatic rings. The lowest BCUT2D eigenvalue weighted by atomic mass is 10.0. The van der Waals surface area contributed by atoms with Crippen LogP contribution in [0.4, 0.5) is 0 Å². The van der Waals surface area contributed by atoms with Crippen LogP contribution in [0, 0.1) is 11.3 Å². The highest BCUT2D eigenvalue weighted by Gasteiger charge is 2.40. The molecular formula is C22H15ClN6O3. The maximum absolute atomic E-state index is 13.0. The van der Waals surface area contributed by atoms with Gasteiger partial charge in [-0.2, -0.15) is 5.26 Å². The van der Waals surface area contributed by atoms with Crippen molar-refractivity contribution < 1.29 is 14.4 Å². The van der Waals surface area contributed by atoms with Gasteiger partial charge in [0.1, 0.15) is 17.8 Å². The molecule has 3 heterocycles. The van der Waals surface area contributed by atoms with E-state index < -0.39 is 11.9 Å². The van der Waals surface area contributed by atoms with Crippen LogP contribution in [-0.4, -0.2) is 43.7 Å². The second-order valence-corrected chi connectivity index (χ2v) is 7.97. The number of nitriles is 1. The van der Waals surface area contributed by atoms with E-state index in [0.29, 0.717) is 39.5 Å². The first-order valence-electron chi connectivity index (χ1n) is 9.85. The Labute approximate surface area is 187 Å². The van der Waals surface area contributed by atoms with Gasteiger partial charge in [0.05, 0.1) is 22.5 Å². The Bertz CT molecular complexity index is 1340. The van der Waals surface area contributed by atoms with E-state index in [-0.39, 0.29) is 24.8 Å². The first-order chi connectivity index (χ1) is 15.5. The number of aromatic nitrogens is 3. The summed E-state index contributed by atoms with van der Waals surface area (Å²) in [6.07, 6.45) is 2.21. The topological polar surface area (TPSA) is 121 Å². The van der Waals surface area contributed by atoms with Crippen LogP contribution in [0.2, 0.25) is 5.02 Å². The molecule has 32 heavy (non-hydrogen) atoms. The Kier molecular flexibility index (Phi) is 4.72. The third-order valence-corrected chi connectivity index (χ3v) is 6.00. The molecule has 1 aromatic heterocycles. The van der Waals surface area contributed by atoms with Crippen LogP contribution in [0.15, 0.2) is 42.6 Å². The van der Waals surface area contributed by atoms with Crippen LogP contribution in [0.5, 0.6) is 0 Å². The van der Waals surface area contributed by atoms with Gasteiger partial charge >= 0.3 is 0 Å². The van der Waals surface area contributed by atoms with Crippen LogP contribution < -0.4 is 5.32 Å². The van der Waals surface area contributed by atoms with Crippen molar-refractivity contribution in [2.75, 3.05) is 0 Å². The zero-order valence-electron chi connectivity index (χ0n) is 16.6. The van der Waals surface area contributed by atoms with Crippen molar-refractivity contribution in [3.8, 4) is 23.0 Å². The van der Waals surface area contributed by atoms with Crippen molar-refractivity contribution in [2.24, 2.45) is 0 Å². The van der Waals surface area contributed by atoms with Crippen molar-refractivity contribution in [2.45, 2.75) is 25.4 Å². The minimum atomic E-state index is -0.687. The van der Waals surface area contributed by atoms with E-state index in [2.05, 4.69) is 15.6 Å². The van der Waals surface area contributed by atoms with Crippen molar-refractivity contribution in [1.82, 2.24) is 25.2 Å². The molecule has 5 rings (SSSR count). The van der Waals surface area contributed by atoms with E-state index in [1.54, 1.807) is 41.2 Å². The number of benzene rings is 2. The number of nitrogens with one attached hydrogen (secondary N) is 1. The average molecular weight is 447 g/mol. The van der Waals surface area contributed by atoms with Gasteiger partial charge in [0, 0.05) is 29.7 Å². The molecule has 1 unspecified atom stereocenters. The number of fused-ring (bicyclic) bond motifs is 1. The molecule has 1 atom stereocenters. The Hall–Kier alpha value is -4.03. The molecule has 0 spiro atoms. The van der Waals surface area contributed by atoms with Crippen molar-refractivity contribution >= 4 is 29.3 Å². The maximum Gasteiger partial charge on any atom is 0.255 e. The van der Waals surface area contributed by atoms with Crippen molar-refractivity contribution in [1.29, 1.82) is 5.26 Å². The lowest BCUT2D eigenvalue weighted by molar-refractivity contribution is -0.136. The molecule has 0 bridgehead atoms. The van der Waals surface area contributed by atoms with Crippen LogP contribution in [0.3, 0.4) is 0 Å². The predicted octanol–water partition coefficient (Wildman–Crippen LogP) is 2.22. The molecule has 1 fully saturated rings. The Balaban J connectivity index is 1.47. The summed E-state index contributed by atoms with van der Waals surface area (Å²) in [7, 11) is 0. The summed E-state index contributed by atoms with van der Waals surface area (Å²) in [6.45, 7) is 0.231. The smallest absolute Gasteiger partial charge is 0.255 e. The van der Waals surface area contributed by atoms with Gasteiger partial charge in [-0.25, -0.2) is 4.68 Å². The van der Waals surface area contributed by atoms with Crippen molar-refractivity contribution in [3.05, 3.63) is 64.3 Å². The highest BCUT2D eigenvalue weighted by atomic mass is 35.5. The third kappa shape index (κ3) is 3.21. The molecule has 2 aliphatic heterocycles. The first kappa shape index (κ1) is 19.9. The monoisotopic (exact) mass is 446 g/mol. The van der Waals surface area contributed by atoms with Crippen LogP contribution >= 0.6 is 11.6 Å². The number of rotatable bonds is 3. The Morgan fingerprint density at radius 2 is 2.03 bits per heavy atom. The van der Waals surface area contributed by atoms with Crippen molar-refractivity contribution in [3.63, 3.8) is 0 Å². The number of hydrogen-bond donors (Lipinski definition) is 1. The summed E-state index contributed by atoms with van der Waals surface area (Å²) in [5.41, 5.74) is 3.52. The third-order valence-electron chi connectivity index (χ3n) is 5.68. The number of halogens is 1. The highest BCUT2D eigenvalue weighted by molar-refractivity contribution is 6.32. The Morgan fingerprint density at radius 3 is 2.78 bits per heavy atom. The van der Waals surface area contributed by atoms with E-state index in [1.165, 1.54) is 4.90 Å². The second-order valence-electron chi connectivity index (χ2n) is 7.56. The molecule has 0 aliphatic carbocycles. The van der Waals surface area contributed by atoms with Gasteiger partial charge in [-0.05, 0) is 30.7 Å². The number of amides is 3. The average Bonchev–Trinajstić information content (AvgIpc) is 3.39. The predicted molar refractivity (Wildman–Crippen MR) is 113 cm³/mol. The summed E-state index contributed by atoms with van der Waals surface area (Å²) >= 11 is 6.13. The molecule has 2 aliphatic rings. The molecule has 158 valence electrons. The fourth-order valence-corrected chi connectivity index (χ4v) is 4.29. The number of nitrogens with zero attached hydrogens (tertiary/aromatic N) is 5. The zero-order chi connectivity index (χ0) is 22.4. The Morgan fingerprint density at radius 1 is 1.19 bits per heavy atom. The van der Waals surface area contributed by atoms with Gasteiger partial charge in [-0.15, -0.1) is 5.10 Å². The molecule has 1 saturated heterocycles. The van der Waals surface area contributed by atoms with Gasteiger partial charge in [-0.1, -0.05) is 28.9 Å². The fraction of sp³-hybridized carbons (Fsp3) is 0.182. The standard InChI is InChI=1S/C22H15ClN6O3/c23-16-8-12(4-5-13(16)9-24)17-11-29(27-26-17)18-3-1-2-14-15(18)10-28(22(14)32)19-6-7-20(30)25-21(19)31/h1-5,8,11,19H,6-7,10H2,(H,25,30,31). The lowest BCUT2D eigenvalue weighted by Crippen LogP contribution is -2.52. The van der Waals surface area contributed by atoms with Gasteiger partial charge in [0.25, 0.3) is 5.91 Å². The van der Waals surface area contributed by atoms with E-state index in [4.69, 9.17) is 16.9 Å². The summed E-state index contributed by atoms with van der Waals surface area (Å²) in [5.74, 6) is -1.03. The van der Waals surface area contributed by atoms with E-state index in [1.807, 2.05) is 12.1 Å². The number of carbonyl (C=O) groups is 3. The molecular weight excluding hydrogens is 432 g/mol. The molecule has 2 aromatic carbocycles. The lowest BCUT2D eigenvalue weighted by Gasteiger charge is -2.29. The molecule has 0 radical (unpaired) electrons. The number of piperidine rings is 1. The minimum absolute atomic E-state index is 0.197. The van der Waals surface area contributed by atoms with Gasteiger partial charge in [0.2, 0.25) is 11.8 Å². The van der Waals surface area contributed by atoms with Crippen LogP contribution in [0.1, 0.15) is 34.3 Å². The number of imide groups is 1. The first-order valence-corrected chi connectivity index (χ1v) is 10.2. The summed E-state index contributed by atoms with van der Waals surface area (Å²) in [5, 5.41) is 20.1. The summed E-state index contributed by atoms with van der Waals surface area (Å²) in [4.78, 5) is 38.3. The zero-order valence-corrected chi connectivity index (χ0v) is 17.3. The number of hydrogen-bond acceptors (Lipinski definition) is 6. The maximum atomic E-state index is 13.0. The molecule has 0 saturated carbocycles. The summed E-state index contributed by atoms with van der Waals surface area (Å²) < 4.78 is 1.57. The van der Waals surface area contributed by atoms with Gasteiger partial charge < -0.3 is 4.90 Å². The second kappa shape index (κ2) is 7.59. The van der Waals surface area contributed by atoms with E-state index in [0.717, 1.165) is 5.56 Å². The van der Waals surface area contributed by atoms with E-state index >= 15 is 0 Å². The molecule has 3 amide bonds. The SMILES string of the molecule is N#Cc1ccc(-c2cn(-c3cccc4c3CN(C3CCC(=O)NC3=O)C4=O)nn2)cc1Cl. The molecule has 1 N–H and O–H groups in total. The molecule has 10 heteroatoms.